The highest BCUT2D eigenvalue weighted by molar-refractivity contribution is 9.10. The molecule has 9 heteroatoms. The van der Waals surface area contributed by atoms with Crippen molar-refractivity contribution in [2.75, 3.05) is 13.7 Å². The van der Waals surface area contributed by atoms with Crippen molar-refractivity contribution in [1.82, 2.24) is 9.13 Å². The highest BCUT2D eigenvalue weighted by Crippen LogP contribution is 2.35. The topological polar surface area (TPSA) is 74.8 Å². The maximum Gasteiger partial charge on any atom is 0.338 e. The summed E-state index contributed by atoms with van der Waals surface area (Å²) in [5, 5.41) is 1.04. The molecule has 0 bridgehead atoms. The Balaban J connectivity index is 1.74. The van der Waals surface area contributed by atoms with Crippen molar-refractivity contribution in [2.45, 2.75) is 26.4 Å². The van der Waals surface area contributed by atoms with Crippen LogP contribution in [0, 0.1) is 0 Å². The molecule has 2 aromatic carbocycles. The SMILES string of the molecule is C=CCn1cc(/C=c2/sc3n(c2=O)[C@@H](c2ccc(OC)c(Br)c2)C(C(=O)OCC)=C(C)N=3)c2ccccc21. The Bertz CT molecular complexity index is 1790. The summed E-state index contributed by atoms with van der Waals surface area (Å²) < 4.78 is 15.7. The predicted octanol–water partition coefficient (Wildman–Crippen LogP) is 4.71. The van der Waals surface area contributed by atoms with E-state index in [-0.39, 0.29) is 12.2 Å². The number of ether oxygens (including phenoxy) is 2. The highest BCUT2D eigenvalue weighted by Gasteiger charge is 2.33. The Morgan fingerprint density at radius 1 is 1.26 bits per heavy atom. The van der Waals surface area contributed by atoms with Gasteiger partial charge in [-0.1, -0.05) is 41.7 Å². The van der Waals surface area contributed by atoms with Gasteiger partial charge >= 0.3 is 5.97 Å². The Hall–Kier alpha value is -3.69. The second-order valence-electron chi connectivity index (χ2n) is 8.74. The van der Waals surface area contributed by atoms with Crippen molar-refractivity contribution < 1.29 is 14.3 Å². The molecule has 4 aromatic rings. The molecule has 7 nitrogen and oxygen atoms in total. The molecule has 0 saturated heterocycles. The van der Waals surface area contributed by atoms with Crippen molar-refractivity contribution >= 4 is 50.2 Å². The van der Waals surface area contributed by atoms with E-state index in [1.54, 1.807) is 25.5 Å². The number of hydrogen-bond donors (Lipinski definition) is 0. The average Bonchev–Trinajstić information content (AvgIpc) is 3.40. The zero-order valence-electron chi connectivity index (χ0n) is 21.2. The third-order valence-electron chi connectivity index (χ3n) is 6.44. The number of para-hydroxylation sites is 1. The number of methoxy groups -OCH3 is 1. The van der Waals surface area contributed by atoms with Crippen molar-refractivity contribution in [3.8, 4) is 5.75 Å². The summed E-state index contributed by atoms with van der Waals surface area (Å²) >= 11 is 4.85. The van der Waals surface area contributed by atoms with E-state index < -0.39 is 12.0 Å². The van der Waals surface area contributed by atoms with Gasteiger partial charge in [0, 0.05) is 29.2 Å². The molecule has 194 valence electrons. The van der Waals surface area contributed by atoms with E-state index in [0.29, 0.717) is 37.4 Å². The van der Waals surface area contributed by atoms with Gasteiger partial charge in [0.15, 0.2) is 4.80 Å². The molecule has 0 amide bonds. The van der Waals surface area contributed by atoms with Gasteiger partial charge in [-0.2, -0.15) is 0 Å². The molecule has 0 aliphatic carbocycles. The number of benzene rings is 2. The summed E-state index contributed by atoms with van der Waals surface area (Å²) in [6, 6.07) is 12.9. The summed E-state index contributed by atoms with van der Waals surface area (Å²) in [6.45, 7) is 8.26. The number of fused-ring (bicyclic) bond motifs is 2. The molecule has 0 unspecified atom stereocenters. The molecular formula is C29H26BrN3O4S. The molecule has 0 spiro atoms. The molecule has 38 heavy (non-hydrogen) atoms. The molecule has 1 aliphatic rings. The number of allylic oxidation sites excluding steroid dienone is 2. The smallest absolute Gasteiger partial charge is 0.338 e. The van der Waals surface area contributed by atoms with Gasteiger partial charge in [-0.15, -0.1) is 6.58 Å². The standard InChI is InChI=1S/C29H26BrN3O4S/c1-5-13-32-16-19(20-9-7-8-10-22(20)32)15-24-27(34)33-26(18-11-12-23(36-4)21(30)14-18)25(28(35)37-6-2)17(3)31-29(33)38-24/h5,7-12,14-16,26H,1,6,13H2,2-4H3/b24-15+/t26-/m0/s1. The van der Waals surface area contributed by atoms with Crippen LogP contribution < -0.4 is 19.6 Å². The zero-order valence-corrected chi connectivity index (χ0v) is 23.6. The van der Waals surface area contributed by atoms with Crippen LogP contribution in [0.15, 0.2) is 86.8 Å². The van der Waals surface area contributed by atoms with Gasteiger partial charge in [0.1, 0.15) is 5.75 Å². The average molecular weight is 593 g/mol. The van der Waals surface area contributed by atoms with E-state index in [9.17, 15) is 9.59 Å². The van der Waals surface area contributed by atoms with Gasteiger partial charge in [-0.3, -0.25) is 9.36 Å². The Morgan fingerprint density at radius 2 is 2.05 bits per heavy atom. The van der Waals surface area contributed by atoms with Crippen LogP contribution in [0.4, 0.5) is 0 Å². The van der Waals surface area contributed by atoms with Crippen LogP contribution in [-0.4, -0.2) is 28.8 Å². The van der Waals surface area contributed by atoms with Gasteiger partial charge in [-0.05, 0) is 59.6 Å². The summed E-state index contributed by atoms with van der Waals surface area (Å²) in [5.74, 6) is 0.155. The minimum atomic E-state index is -0.697. The van der Waals surface area contributed by atoms with Crippen LogP contribution in [-0.2, 0) is 16.1 Å². The number of rotatable bonds is 7. The second-order valence-corrected chi connectivity index (χ2v) is 10.6. The number of halogens is 1. The summed E-state index contributed by atoms with van der Waals surface area (Å²) in [5.41, 5.74) is 3.37. The van der Waals surface area contributed by atoms with E-state index in [4.69, 9.17) is 9.47 Å². The lowest BCUT2D eigenvalue weighted by molar-refractivity contribution is -0.139. The van der Waals surface area contributed by atoms with Crippen LogP contribution in [0.5, 0.6) is 5.75 Å². The van der Waals surface area contributed by atoms with Crippen molar-refractivity contribution in [2.24, 2.45) is 4.99 Å². The molecular weight excluding hydrogens is 566 g/mol. The Kier molecular flexibility index (Phi) is 7.23. The minimum Gasteiger partial charge on any atom is -0.496 e. The van der Waals surface area contributed by atoms with Gasteiger partial charge in [0.2, 0.25) is 0 Å². The van der Waals surface area contributed by atoms with E-state index in [0.717, 1.165) is 22.0 Å². The number of thiazole rings is 1. The number of aromatic nitrogens is 2. The highest BCUT2D eigenvalue weighted by atomic mass is 79.9. The lowest BCUT2D eigenvalue weighted by atomic mass is 9.96. The molecule has 1 aliphatic heterocycles. The quantitative estimate of drug-likeness (QED) is 0.230. The van der Waals surface area contributed by atoms with Crippen LogP contribution in [0.25, 0.3) is 17.0 Å². The first-order chi connectivity index (χ1) is 18.4. The van der Waals surface area contributed by atoms with Gasteiger partial charge in [0.05, 0.1) is 40.0 Å². The van der Waals surface area contributed by atoms with Gasteiger partial charge in [0.25, 0.3) is 5.56 Å². The fourth-order valence-electron chi connectivity index (χ4n) is 4.78. The molecule has 3 heterocycles. The Morgan fingerprint density at radius 3 is 2.76 bits per heavy atom. The predicted molar refractivity (Wildman–Crippen MR) is 153 cm³/mol. The van der Waals surface area contributed by atoms with E-state index in [1.807, 2.05) is 60.8 Å². The lowest BCUT2D eigenvalue weighted by Gasteiger charge is -2.25. The second kappa shape index (κ2) is 10.6. The zero-order chi connectivity index (χ0) is 27.0. The first kappa shape index (κ1) is 25.9. The third kappa shape index (κ3) is 4.46. The maximum absolute atomic E-state index is 14.0. The van der Waals surface area contributed by atoms with Crippen molar-refractivity contribution in [1.29, 1.82) is 0 Å². The molecule has 5 rings (SSSR count). The van der Waals surface area contributed by atoms with Crippen LogP contribution in [0.1, 0.15) is 31.0 Å². The van der Waals surface area contributed by atoms with Crippen LogP contribution >= 0.6 is 27.3 Å². The van der Waals surface area contributed by atoms with Crippen LogP contribution in [0.3, 0.4) is 0 Å². The molecule has 0 saturated carbocycles. The number of carbonyl (C=O) groups is 1. The summed E-state index contributed by atoms with van der Waals surface area (Å²) in [4.78, 5) is 32.3. The first-order valence-corrected chi connectivity index (χ1v) is 13.7. The maximum atomic E-state index is 14.0. The van der Waals surface area contributed by atoms with E-state index in [2.05, 4.69) is 32.1 Å². The third-order valence-corrected chi connectivity index (χ3v) is 8.04. The normalized spacial score (nSPS) is 15.4. The lowest BCUT2D eigenvalue weighted by Crippen LogP contribution is -2.39. The number of nitrogens with zero attached hydrogens (tertiary/aromatic N) is 3. The van der Waals surface area contributed by atoms with E-state index in [1.165, 1.54) is 11.3 Å². The summed E-state index contributed by atoms with van der Waals surface area (Å²) in [6.07, 6.45) is 5.77. The molecule has 0 N–H and O–H groups in total. The van der Waals surface area contributed by atoms with Crippen molar-refractivity contribution in [3.63, 3.8) is 0 Å². The van der Waals surface area contributed by atoms with Gasteiger partial charge < -0.3 is 14.0 Å². The van der Waals surface area contributed by atoms with Crippen LogP contribution in [0.2, 0.25) is 0 Å². The largest absolute Gasteiger partial charge is 0.496 e. The first-order valence-electron chi connectivity index (χ1n) is 12.1. The Labute approximate surface area is 231 Å². The molecule has 1 atom stereocenters. The molecule has 0 radical (unpaired) electrons. The van der Waals surface area contributed by atoms with Crippen molar-refractivity contribution in [3.05, 3.63) is 108 Å². The monoisotopic (exact) mass is 591 g/mol. The number of hydrogen-bond acceptors (Lipinski definition) is 6. The number of esters is 1. The summed E-state index contributed by atoms with van der Waals surface area (Å²) in [7, 11) is 1.59. The fraction of sp³-hybridized carbons (Fsp3) is 0.207. The molecule has 0 fully saturated rings. The molecule has 2 aromatic heterocycles. The number of carbonyl (C=O) groups excluding carboxylic acids is 1. The van der Waals surface area contributed by atoms with E-state index >= 15 is 0 Å². The fourth-order valence-corrected chi connectivity index (χ4v) is 6.38. The van der Waals surface area contributed by atoms with Gasteiger partial charge in [-0.25, -0.2) is 9.79 Å². The minimum absolute atomic E-state index is 0.216.